The SMILES string of the molecule is C/C=C(\C)c1ccc(B(O)O)cc1.C/C=C(\C)c1ccc(B([O-])[O-])cc1.O.OCC(O)COCC(O)CO. The van der Waals surface area contributed by atoms with Gasteiger partial charge in [0.1, 0.15) is 12.2 Å². The van der Waals surface area contributed by atoms with Crippen LogP contribution in [0.1, 0.15) is 38.8 Å². The molecule has 10 nitrogen and oxygen atoms in total. The molecule has 0 radical (unpaired) electrons. The molecule has 0 aromatic heterocycles. The van der Waals surface area contributed by atoms with Crippen molar-refractivity contribution in [3.8, 4) is 0 Å². The zero-order valence-electron chi connectivity index (χ0n) is 22.3. The van der Waals surface area contributed by atoms with Crippen molar-refractivity contribution < 1.29 is 50.7 Å². The van der Waals surface area contributed by atoms with Crippen LogP contribution in [0.2, 0.25) is 0 Å². The molecular formula is C26H40B2O10-2. The molecule has 0 aliphatic heterocycles. The molecule has 0 spiro atoms. The van der Waals surface area contributed by atoms with E-state index in [0.29, 0.717) is 10.9 Å². The van der Waals surface area contributed by atoms with Gasteiger partial charge in [-0.15, -0.1) is 5.46 Å². The minimum absolute atomic E-state index is 0. The average molecular weight is 534 g/mol. The maximum atomic E-state index is 10.5. The second-order valence-electron chi connectivity index (χ2n) is 8.10. The molecule has 0 heterocycles. The van der Waals surface area contributed by atoms with Crippen LogP contribution >= 0.6 is 0 Å². The first-order valence-electron chi connectivity index (χ1n) is 11.8. The van der Waals surface area contributed by atoms with Crippen LogP contribution in [0.5, 0.6) is 0 Å². The molecule has 0 bridgehead atoms. The maximum absolute atomic E-state index is 10.5. The highest BCUT2D eigenvalue weighted by molar-refractivity contribution is 6.58. The molecule has 2 aromatic carbocycles. The number of rotatable bonds is 10. The van der Waals surface area contributed by atoms with Crippen molar-refractivity contribution in [2.24, 2.45) is 0 Å². The van der Waals surface area contributed by atoms with Crippen molar-refractivity contribution in [3.05, 3.63) is 71.8 Å². The Morgan fingerprint density at radius 1 is 0.763 bits per heavy atom. The second-order valence-corrected chi connectivity index (χ2v) is 8.10. The smallest absolute Gasteiger partial charge is 0.488 e. The lowest BCUT2D eigenvalue weighted by atomic mass is 9.80. The standard InChI is InChI=1S/C10H13BO2.C10H11BO2.C6H14O5.H2O/c2*1-3-8(2)9-4-6-10(7-5-9)11(12)13;7-1-5(9)3-11-4-6(10)2-8;/h3-7,12-13H,1-2H3;3-7H,1-2H3;5-10H,1-4H2;1H2/q;-2;;/b2*8-3+;;. The van der Waals surface area contributed by atoms with Crippen molar-refractivity contribution in [1.29, 1.82) is 0 Å². The lowest BCUT2D eigenvalue weighted by Crippen LogP contribution is -2.55. The molecule has 2 atom stereocenters. The molecule has 0 amide bonds. The summed E-state index contributed by atoms with van der Waals surface area (Å²) < 4.78 is 4.72. The minimum Gasteiger partial charge on any atom is -0.889 e. The Hall–Kier alpha value is -2.35. The Kier molecular flexibility index (Phi) is 21.5. The van der Waals surface area contributed by atoms with Crippen molar-refractivity contribution in [1.82, 2.24) is 0 Å². The molecule has 38 heavy (non-hydrogen) atoms. The zero-order chi connectivity index (χ0) is 28.4. The number of hydrogen-bond donors (Lipinski definition) is 6. The van der Waals surface area contributed by atoms with E-state index in [9.17, 15) is 10.0 Å². The van der Waals surface area contributed by atoms with Crippen LogP contribution in [0.15, 0.2) is 60.7 Å². The number of ether oxygens (including phenoxy) is 1. The Labute approximate surface area is 225 Å². The summed E-state index contributed by atoms with van der Waals surface area (Å²) in [5.74, 6) is 0. The molecule has 0 aliphatic carbocycles. The molecule has 2 aromatic rings. The van der Waals surface area contributed by atoms with E-state index in [-0.39, 0.29) is 31.9 Å². The molecule has 0 saturated carbocycles. The molecular weight excluding hydrogens is 494 g/mol. The minimum atomic E-state index is -1.88. The molecule has 0 aliphatic rings. The number of aliphatic hydroxyl groups excluding tert-OH is 4. The number of allylic oxidation sites excluding steroid dienone is 4. The third-order valence-electron chi connectivity index (χ3n) is 5.21. The van der Waals surface area contributed by atoms with Crippen LogP contribution in [-0.4, -0.2) is 88.8 Å². The summed E-state index contributed by atoms with van der Waals surface area (Å²) in [5, 5.41) is 72.8. The van der Waals surface area contributed by atoms with Crippen molar-refractivity contribution in [3.63, 3.8) is 0 Å². The quantitative estimate of drug-likeness (QED) is 0.174. The van der Waals surface area contributed by atoms with Gasteiger partial charge in [-0.1, -0.05) is 67.8 Å². The first-order chi connectivity index (χ1) is 17.5. The van der Waals surface area contributed by atoms with Gasteiger partial charge in [0.05, 0.1) is 26.4 Å². The van der Waals surface area contributed by atoms with Gasteiger partial charge in [0.15, 0.2) is 0 Å². The summed E-state index contributed by atoms with van der Waals surface area (Å²) in [6.07, 6.45) is 2.17. The summed E-state index contributed by atoms with van der Waals surface area (Å²) in [6, 6.07) is 14.0. The summed E-state index contributed by atoms with van der Waals surface area (Å²) in [7, 11) is -3.25. The van der Waals surface area contributed by atoms with E-state index in [1.165, 1.54) is 5.57 Å². The van der Waals surface area contributed by atoms with Crippen LogP contribution in [-0.2, 0) is 4.74 Å². The Balaban J connectivity index is 0. The van der Waals surface area contributed by atoms with E-state index in [1.54, 1.807) is 36.4 Å². The van der Waals surface area contributed by atoms with Gasteiger partial charge < -0.3 is 50.7 Å². The molecule has 212 valence electrons. The van der Waals surface area contributed by atoms with Crippen LogP contribution in [0.4, 0.5) is 0 Å². The lowest BCUT2D eigenvalue weighted by molar-refractivity contribution is -0.341. The van der Waals surface area contributed by atoms with Gasteiger partial charge in [0, 0.05) is 0 Å². The van der Waals surface area contributed by atoms with Gasteiger partial charge in [0.2, 0.25) is 0 Å². The summed E-state index contributed by atoms with van der Waals surface area (Å²) in [4.78, 5) is 0. The van der Waals surface area contributed by atoms with Gasteiger partial charge in [-0.05, 0) is 55.4 Å². The highest BCUT2D eigenvalue weighted by atomic mass is 16.5. The van der Waals surface area contributed by atoms with Crippen LogP contribution in [0.25, 0.3) is 11.1 Å². The normalized spacial score (nSPS) is 12.6. The fourth-order valence-corrected chi connectivity index (χ4v) is 2.60. The summed E-state index contributed by atoms with van der Waals surface area (Å²) in [6.45, 7) is 7.13. The number of aliphatic hydroxyl groups is 4. The fourth-order valence-electron chi connectivity index (χ4n) is 2.60. The Bertz CT molecular complexity index is 841. The summed E-state index contributed by atoms with van der Waals surface area (Å²) >= 11 is 0. The Morgan fingerprint density at radius 2 is 1.11 bits per heavy atom. The third kappa shape index (κ3) is 15.8. The molecule has 8 N–H and O–H groups in total. The summed E-state index contributed by atoms with van der Waals surface area (Å²) in [5.41, 5.74) is 5.29. The topological polar surface area (TPSA) is 208 Å². The maximum Gasteiger partial charge on any atom is 0.488 e. The van der Waals surface area contributed by atoms with Crippen LogP contribution in [0.3, 0.4) is 0 Å². The van der Waals surface area contributed by atoms with E-state index in [2.05, 4.69) is 0 Å². The van der Waals surface area contributed by atoms with Crippen molar-refractivity contribution in [2.75, 3.05) is 26.4 Å². The fraction of sp³-hybridized carbons (Fsp3) is 0.385. The molecule has 0 fully saturated rings. The van der Waals surface area contributed by atoms with E-state index in [0.717, 1.165) is 16.7 Å². The van der Waals surface area contributed by atoms with Crippen molar-refractivity contribution >= 4 is 36.3 Å². The first kappa shape index (κ1) is 37.8. The van der Waals surface area contributed by atoms with Gasteiger partial charge >= 0.3 is 7.12 Å². The molecule has 0 saturated heterocycles. The van der Waals surface area contributed by atoms with Crippen LogP contribution < -0.4 is 21.0 Å². The monoisotopic (exact) mass is 534 g/mol. The second kappa shape index (κ2) is 21.6. The van der Waals surface area contributed by atoms with Crippen LogP contribution in [0, 0.1) is 0 Å². The van der Waals surface area contributed by atoms with Crippen molar-refractivity contribution in [2.45, 2.75) is 39.9 Å². The molecule has 2 unspecified atom stereocenters. The number of benzene rings is 2. The average Bonchev–Trinajstić information content (AvgIpc) is 2.92. The van der Waals surface area contributed by atoms with E-state index < -0.39 is 26.4 Å². The van der Waals surface area contributed by atoms with Gasteiger partial charge in [-0.25, -0.2) is 0 Å². The largest absolute Gasteiger partial charge is 0.889 e. The van der Waals surface area contributed by atoms with Gasteiger partial charge in [-0.3, -0.25) is 0 Å². The lowest BCUT2D eigenvalue weighted by Gasteiger charge is -2.26. The predicted molar refractivity (Wildman–Crippen MR) is 147 cm³/mol. The highest BCUT2D eigenvalue weighted by Gasteiger charge is 2.09. The number of hydrogen-bond acceptors (Lipinski definition) is 9. The zero-order valence-corrected chi connectivity index (χ0v) is 22.3. The molecule has 2 rings (SSSR count). The third-order valence-corrected chi connectivity index (χ3v) is 5.21. The van der Waals surface area contributed by atoms with E-state index in [4.69, 9.17) is 35.2 Å². The van der Waals surface area contributed by atoms with E-state index in [1.807, 2.05) is 52.0 Å². The van der Waals surface area contributed by atoms with Gasteiger partial charge in [-0.2, -0.15) is 0 Å². The highest BCUT2D eigenvalue weighted by Crippen LogP contribution is 2.11. The van der Waals surface area contributed by atoms with Gasteiger partial charge in [0.25, 0.3) is 0 Å². The van der Waals surface area contributed by atoms with E-state index >= 15 is 0 Å². The first-order valence-corrected chi connectivity index (χ1v) is 11.8. The Morgan fingerprint density at radius 3 is 1.37 bits per heavy atom. The predicted octanol–water partition coefficient (Wildman–Crippen LogP) is -2.80. The molecule has 12 heteroatoms.